The average molecular weight is 274 g/mol. The van der Waals surface area contributed by atoms with Crippen molar-refractivity contribution in [2.45, 2.75) is 12.8 Å². The number of amides is 1. The van der Waals surface area contributed by atoms with Gasteiger partial charge in [0, 0.05) is 12.1 Å². The lowest BCUT2D eigenvalue weighted by Crippen LogP contribution is -2.18. The van der Waals surface area contributed by atoms with Crippen molar-refractivity contribution >= 4 is 17.5 Å². The van der Waals surface area contributed by atoms with E-state index in [1.54, 1.807) is 18.2 Å². The summed E-state index contributed by atoms with van der Waals surface area (Å²) in [5.41, 5.74) is 7.07. The molecule has 0 spiro atoms. The molecular weight excluding hydrogens is 263 g/mol. The Morgan fingerprint density at radius 1 is 1.35 bits per heavy atom. The van der Waals surface area contributed by atoms with Crippen molar-refractivity contribution in [2.24, 2.45) is 0 Å². The van der Waals surface area contributed by atoms with Crippen molar-refractivity contribution in [3.8, 4) is 11.6 Å². The summed E-state index contributed by atoms with van der Waals surface area (Å²) in [6.07, 6.45) is 1.99. The van der Waals surface area contributed by atoms with Gasteiger partial charge < -0.3 is 15.8 Å². The summed E-state index contributed by atoms with van der Waals surface area (Å²) in [7, 11) is 0. The van der Waals surface area contributed by atoms with E-state index in [-0.39, 0.29) is 17.7 Å². The summed E-state index contributed by atoms with van der Waals surface area (Å²) in [5.74, 6) is -0.563. The number of ether oxygens (including phenoxy) is 1. The summed E-state index contributed by atoms with van der Waals surface area (Å²) in [6.45, 7) is 0. The van der Waals surface area contributed by atoms with Crippen LogP contribution in [0.25, 0.3) is 0 Å². The molecule has 0 saturated carbocycles. The molecule has 7 heteroatoms. The highest BCUT2D eigenvalue weighted by Crippen LogP contribution is 2.29. The topological polar surface area (TPSA) is 90.1 Å². The van der Waals surface area contributed by atoms with E-state index in [2.05, 4.69) is 15.3 Å². The van der Waals surface area contributed by atoms with Crippen molar-refractivity contribution in [3.63, 3.8) is 0 Å². The zero-order valence-corrected chi connectivity index (χ0v) is 10.4. The molecular formula is C13H11FN4O2. The monoisotopic (exact) mass is 274 g/mol. The summed E-state index contributed by atoms with van der Waals surface area (Å²) >= 11 is 0. The number of fused-ring (bicyclic) bond motifs is 1. The van der Waals surface area contributed by atoms with E-state index in [1.807, 2.05) is 0 Å². The van der Waals surface area contributed by atoms with Gasteiger partial charge in [0.2, 0.25) is 17.7 Å². The third kappa shape index (κ3) is 2.37. The maximum atomic E-state index is 13.5. The van der Waals surface area contributed by atoms with Gasteiger partial charge in [0.15, 0.2) is 0 Å². The second-order valence-corrected chi connectivity index (χ2v) is 4.35. The molecule has 0 aliphatic carbocycles. The van der Waals surface area contributed by atoms with Crippen molar-refractivity contribution < 1.29 is 13.9 Å². The lowest BCUT2D eigenvalue weighted by molar-refractivity contribution is -0.116. The van der Waals surface area contributed by atoms with Crippen LogP contribution in [0.1, 0.15) is 12.0 Å². The van der Waals surface area contributed by atoms with Crippen LogP contribution >= 0.6 is 0 Å². The van der Waals surface area contributed by atoms with Crippen molar-refractivity contribution in [1.82, 2.24) is 9.97 Å². The maximum absolute atomic E-state index is 13.5. The van der Waals surface area contributed by atoms with E-state index < -0.39 is 5.82 Å². The molecule has 2 aromatic rings. The number of carbonyl (C=O) groups is 1. The Balaban J connectivity index is 1.88. The number of carbonyl (C=O) groups excluding carboxylic acids is 1. The zero-order chi connectivity index (χ0) is 14.1. The molecule has 3 rings (SSSR count). The second kappa shape index (κ2) is 4.76. The fraction of sp³-hybridized carbons (Fsp3) is 0.154. The van der Waals surface area contributed by atoms with Gasteiger partial charge in [-0.1, -0.05) is 0 Å². The smallest absolute Gasteiger partial charge is 0.260 e. The molecule has 1 amide bonds. The van der Waals surface area contributed by atoms with Gasteiger partial charge in [-0.2, -0.15) is 9.37 Å². The summed E-state index contributed by atoms with van der Waals surface area (Å²) < 4.78 is 18.8. The van der Waals surface area contributed by atoms with Crippen LogP contribution in [-0.2, 0) is 11.2 Å². The maximum Gasteiger partial charge on any atom is 0.260 e. The fourth-order valence-corrected chi connectivity index (χ4v) is 1.97. The normalized spacial score (nSPS) is 13.6. The number of nitrogen functional groups attached to an aromatic ring is 1. The largest absolute Gasteiger partial charge is 0.436 e. The van der Waals surface area contributed by atoms with E-state index in [1.165, 1.54) is 0 Å². The highest BCUT2D eigenvalue weighted by atomic mass is 19.1. The molecule has 0 atom stereocenters. The summed E-state index contributed by atoms with van der Waals surface area (Å²) in [4.78, 5) is 18.5. The minimum atomic E-state index is -0.690. The van der Waals surface area contributed by atoms with Crippen LogP contribution in [0.15, 0.2) is 24.4 Å². The molecule has 0 unspecified atom stereocenters. The molecule has 0 bridgehead atoms. The van der Waals surface area contributed by atoms with E-state index in [0.717, 1.165) is 17.4 Å². The lowest BCUT2D eigenvalue weighted by Gasteiger charge is -2.17. The standard InChI is InChI=1S/C13H11FN4O2/c14-9-6-16-13(15)18-12(9)20-8-2-3-10-7(5-8)1-4-11(19)17-10/h2-3,5-6H,1,4H2,(H,17,19)(H2,15,16,18). The molecule has 1 aliphatic rings. The minimum absolute atomic E-state index is 0.0132. The van der Waals surface area contributed by atoms with Gasteiger partial charge in [0.05, 0.1) is 6.20 Å². The zero-order valence-electron chi connectivity index (χ0n) is 10.4. The Hall–Kier alpha value is -2.70. The Kier molecular flexibility index (Phi) is 2.94. The Labute approximate surface area is 113 Å². The van der Waals surface area contributed by atoms with Gasteiger partial charge in [-0.3, -0.25) is 4.79 Å². The van der Waals surface area contributed by atoms with Gasteiger partial charge >= 0.3 is 0 Å². The number of hydrogen-bond donors (Lipinski definition) is 2. The summed E-state index contributed by atoms with van der Waals surface area (Å²) in [6, 6.07) is 5.08. The minimum Gasteiger partial charge on any atom is -0.436 e. The Morgan fingerprint density at radius 3 is 3.05 bits per heavy atom. The highest BCUT2D eigenvalue weighted by molar-refractivity contribution is 5.94. The molecule has 0 fully saturated rings. The van der Waals surface area contributed by atoms with Crippen LogP contribution in [0, 0.1) is 5.82 Å². The van der Waals surface area contributed by atoms with E-state index in [0.29, 0.717) is 18.6 Å². The third-order valence-corrected chi connectivity index (χ3v) is 2.92. The number of nitrogens with one attached hydrogen (secondary N) is 1. The first-order valence-corrected chi connectivity index (χ1v) is 6.00. The van der Waals surface area contributed by atoms with Crippen LogP contribution in [0.2, 0.25) is 0 Å². The number of nitrogens with zero attached hydrogens (tertiary/aromatic N) is 2. The number of hydrogen-bond acceptors (Lipinski definition) is 5. The van der Waals surface area contributed by atoms with Crippen LogP contribution in [0.4, 0.5) is 16.0 Å². The predicted molar refractivity (Wildman–Crippen MR) is 69.9 cm³/mol. The van der Waals surface area contributed by atoms with Crippen LogP contribution < -0.4 is 15.8 Å². The Bertz CT molecular complexity index is 690. The van der Waals surface area contributed by atoms with Crippen LogP contribution in [0.5, 0.6) is 11.6 Å². The number of halogens is 1. The van der Waals surface area contributed by atoms with Crippen molar-refractivity contribution in [2.75, 3.05) is 11.1 Å². The number of benzene rings is 1. The highest BCUT2D eigenvalue weighted by Gasteiger charge is 2.16. The lowest BCUT2D eigenvalue weighted by atomic mass is 10.0. The average Bonchev–Trinajstić information content (AvgIpc) is 2.43. The SMILES string of the molecule is Nc1ncc(F)c(Oc2ccc3c(c2)CCC(=O)N3)n1. The molecule has 1 aromatic carbocycles. The second-order valence-electron chi connectivity index (χ2n) is 4.35. The number of anilines is 2. The van der Waals surface area contributed by atoms with Gasteiger partial charge in [0.1, 0.15) is 5.75 Å². The fourth-order valence-electron chi connectivity index (χ4n) is 1.97. The van der Waals surface area contributed by atoms with Crippen LogP contribution in [0.3, 0.4) is 0 Å². The molecule has 1 aliphatic heterocycles. The van der Waals surface area contributed by atoms with E-state index in [4.69, 9.17) is 10.5 Å². The quantitative estimate of drug-likeness (QED) is 0.872. The van der Waals surface area contributed by atoms with E-state index in [9.17, 15) is 9.18 Å². The van der Waals surface area contributed by atoms with Crippen molar-refractivity contribution in [1.29, 1.82) is 0 Å². The molecule has 20 heavy (non-hydrogen) atoms. The first kappa shape index (κ1) is 12.3. The van der Waals surface area contributed by atoms with Gasteiger partial charge in [-0.05, 0) is 30.2 Å². The molecule has 1 aromatic heterocycles. The molecule has 2 heterocycles. The van der Waals surface area contributed by atoms with Crippen molar-refractivity contribution in [3.05, 3.63) is 35.8 Å². The molecule has 0 radical (unpaired) electrons. The number of rotatable bonds is 2. The van der Waals surface area contributed by atoms with Crippen LogP contribution in [-0.4, -0.2) is 15.9 Å². The first-order chi connectivity index (χ1) is 9.61. The van der Waals surface area contributed by atoms with E-state index >= 15 is 0 Å². The molecule has 6 nitrogen and oxygen atoms in total. The van der Waals surface area contributed by atoms with Gasteiger partial charge in [-0.25, -0.2) is 4.98 Å². The number of aromatic nitrogens is 2. The predicted octanol–water partition coefficient (Wildman–Crippen LogP) is 1.87. The number of aryl methyl sites for hydroxylation is 1. The molecule has 0 saturated heterocycles. The third-order valence-electron chi connectivity index (χ3n) is 2.92. The molecule has 3 N–H and O–H groups in total. The number of nitrogens with two attached hydrogens (primary N) is 1. The first-order valence-electron chi connectivity index (χ1n) is 6.00. The van der Waals surface area contributed by atoms with Gasteiger partial charge in [0.25, 0.3) is 5.88 Å². The van der Waals surface area contributed by atoms with Gasteiger partial charge in [-0.15, -0.1) is 0 Å². The molecule has 102 valence electrons. The summed E-state index contributed by atoms with van der Waals surface area (Å²) in [5, 5.41) is 2.76. The Morgan fingerprint density at radius 2 is 2.20 bits per heavy atom.